The van der Waals surface area contributed by atoms with Gasteiger partial charge in [0, 0.05) is 5.56 Å². The van der Waals surface area contributed by atoms with Gasteiger partial charge in [0.05, 0.1) is 6.61 Å². The fourth-order valence-corrected chi connectivity index (χ4v) is 0.872. The highest BCUT2D eigenvalue weighted by molar-refractivity contribution is 5.91. The van der Waals surface area contributed by atoms with Crippen molar-refractivity contribution in [2.75, 3.05) is 6.61 Å². The van der Waals surface area contributed by atoms with Crippen LogP contribution in [0.2, 0.25) is 0 Å². The van der Waals surface area contributed by atoms with Crippen molar-refractivity contribution >= 4 is 5.90 Å². The van der Waals surface area contributed by atoms with E-state index in [-0.39, 0.29) is 5.90 Å². The van der Waals surface area contributed by atoms with Gasteiger partial charge in [0.1, 0.15) is 0 Å². The van der Waals surface area contributed by atoms with Gasteiger partial charge >= 0.3 is 0 Å². The van der Waals surface area contributed by atoms with E-state index in [1.165, 1.54) is 0 Å². The molecule has 2 heteroatoms. The zero-order valence-corrected chi connectivity index (χ0v) is 8.00. The van der Waals surface area contributed by atoms with Crippen LogP contribution in [0.15, 0.2) is 24.3 Å². The van der Waals surface area contributed by atoms with Crippen LogP contribution in [0.3, 0.4) is 0 Å². The molecule has 0 heterocycles. The number of hydrogen-bond donors (Lipinski definition) is 1. The summed E-state index contributed by atoms with van der Waals surface area (Å²) >= 11 is 0. The Kier molecular flexibility index (Phi) is 3.50. The van der Waals surface area contributed by atoms with Crippen LogP contribution >= 0.6 is 0 Å². The molecular weight excluding hydrogens is 162 g/mol. The summed E-state index contributed by atoms with van der Waals surface area (Å²) in [6.45, 7) is 4.72. The van der Waals surface area contributed by atoms with Crippen LogP contribution in [0.5, 0.6) is 0 Å². The van der Waals surface area contributed by atoms with Gasteiger partial charge in [-0.15, -0.1) is 0 Å². The molecule has 1 rings (SSSR count). The van der Waals surface area contributed by atoms with Gasteiger partial charge in [0.25, 0.3) is 0 Å². The monoisotopic (exact) mass is 176 g/mol. The molecule has 0 bridgehead atoms. The van der Waals surface area contributed by atoms with Crippen molar-refractivity contribution in [3.63, 3.8) is 0 Å². The van der Waals surface area contributed by atoms with Crippen molar-refractivity contribution in [2.24, 2.45) is 5.92 Å². The first-order valence-corrected chi connectivity index (χ1v) is 4.38. The van der Waals surface area contributed by atoms with Crippen LogP contribution in [0.4, 0.5) is 0 Å². The van der Waals surface area contributed by atoms with Crippen LogP contribution in [0.1, 0.15) is 19.4 Å². The molecule has 0 aliphatic rings. The van der Waals surface area contributed by atoms with Gasteiger partial charge in [-0.1, -0.05) is 26.0 Å². The minimum Gasteiger partial charge on any atom is -0.477 e. The molecule has 0 aliphatic carbocycles. The lowest BCUT2D eigenvalue weighted by atomic mass is 10.2. The average Bonchev–Trinajstić information content (AvgIpc) is 2.15. The number of rotatable bonds is 3. The SMILES string of the molecule is CC(C)COC(=N)c1cc[c]cc1. The average molecular weight is 176 g/mol. The van der Waals surface area contributed by atoms with E-state index in [1.54, 1.807) is 12.1 Å². The molecule has 0 aromatic heterocycles. The van der Waals surface area contributed by atoms with E-state index < -0.39 is 0 Å². The molecule has 0 fully saturated rings. The Balaban J connectivity index is 2.50. The van der Waals surface area contributed by atoms with Gasteiger partial charge in [0.15, 0.2) is 0 Å². The molecule has 0 spiro atoms. The van der Waals surface area contributed by atoms with Crippen molar-refractivity contribution in [2.45, 2.75) is 13.8 Å². The molecule has 69 valence electrons. The van der Waals surface area contributed by atoms with E-state index >= 15 is 0 Å². The van der Waals surface area contributed by atoms with E-state index in [0.29, 0.717) is 12.5 Å². The summed E-state index contributed by atoms with van der Waals surface area (Å²) in [5.74, 6) is 0.693. The van der Waals surface area contributed by atoms with Crippen molar-refractivity contribution in [1.29, 1.82) is 5.41 Å². The predicted octanol–water partition coefficient (Wildman–Crippen LogP) is 2.48. The highest BCUT2D eigenvalue weighted by atomic mass is 16.5. The normalized spacial score (nSPS) is 10.1. The van der Waals surface area contributed by atoms with Crippen LogP contribution in [0, 0.1) is 17.4 Å². The van der Waals surface area contributed by atoms with Crippen molar-refractivity contribution in [3.05, 3.63) is 35.9 Å². The number of nitrogens with one attached hydrogen (secondary N) is 1. The molecule has 0 unspecified atom stereocenters. The largest absolute Gasteiger partial charge is 0.477 e. The van der Waals surface area contributed by atoms with Gasteiger partial charge in [-0.25, -0.2) is 0 Å². The Morgan fingerprint density at radius 2 is 2.08 bits per heavy atom. The van der Waals surface area contributed by atoms with E-state index in [9.17, 15) is 0 Å². The van der Waals surface area contributed by atoms with Crippen molar-refractivity contribution in [3.8, 4) is 0 Å². The maximum atomic E-state index is 7.59. The van der Waals surface area contributed by atoms with Gasteiger partial charge in [0.2, 0.25) is 5.90 Å². The molecule has 1 N–H and O–H groups in total. The van der Waals surface area contributed by atoms with Crippen molar-refractivity contribution in [1.82, 2.24) is 0 Å². The summed E-state index contributed by atoms with van der Waals surface area (Å²) in [7, 11) is 0. The number of benzene rings is 1. The van der Waals surface area contributed by atoms with E-state index in [4.69, 9.17) is 10.1 Å². The van der Waals surface area contributed by atoms with Gasteiger partial charge in [-0.3, -0.25) is 5.41 Å². The molecule has 1 radical (unpaired) electrons. The lowest BCUT2D eigenvalue weighted by molar-refractivity contribution is 0.257. The second-order valence-corrected chi connectivity index (χ2v) is 3.32. The van der Waals surface area contributed by atoms with Crippen LogP contribution in [-0.2, 0) is 4.74 Å². The molecule has 1 aromatic carbocycles. The minimum absolute atomic E-state index is 0.239. The Morgan fingerprint density at radius 1 is 1.46 bits per heavy atom. The van der Waals surface area contributed by atoms with Crippen LogP contribution in [-0.4, -0.2) is 12.5 Å². The minimum atomic E-state index is 0.239. The fraction of sp³-hybridized carbons (Fsp3) is 0.364. The lowest BCUT2D eigenvalue weighted by Gasteiger charge is -2.08. The van der Waals surface area contributed by atoms with Crippen LogP contribution < -0.4 is 0 Å². The molecule has 0 saturated heterocycles. The Hall–Kier alpha value is -1.31. The third-order valence-corrected chi connectivity index (χ3v) is 1.54. The zero-order valence-electron chi connectivity index (χ0n) is 8.00. The predicted molar refractivity (Wildman–Crippen MR) is 52.9 cm³/mol. The third kappa shape index (κ3) is 3.28. The van der Waals surface area contributed by atoms with Crippen LogP contribution in [0.25, 0.3) is 0 Å². The zero-order chi connectivity index (χ0) is 9.68. The summed E-state index contributed by atoms with van der Waals surface area (Å²) < 4.78 is 5.26. The maximum Gasteiger partial charge on any atom is 0.213 e. The Labute approximate surface area is 79.1 Å². The first-order chi connectivity index (χ1) is 6.20. The van der Waals surface area contributed by atoms with Gasteiger partial charge in [-0.05, 0) is 24.1 Å². The summed E-state index contributed by atoms with van der Waals surface area (Å²) in [5, 5.41) is 7.59. The fourth-order valence-electron chi connectivity index (χ4n) is 0.872. The smallest absolute Gasteiger partial charge is 0.213 e. The Bertz CT molecular complexity index is 267. The molecule has 0 aliphatic heterocycles. The van der Waals surface area contributed by atoms with E-state index in [1.807, 2.05) is 12.1 Å². The summed E-state index contributed by atoms with van der Waals surface area (Å²) in [6, 6.07) is 10.1. The first-order valence-electron chi connectivity index (χ1n) is 4.38. The topological polar surface area (TPSA) is 33.1 Å². The molecule has 13 heavy (non-hydrogen) atoms. The number of ether oxygens (including phenoxy) is 1. The number of hydrogen-bond acceptors (Lipinski definition) is 2. The molecule has 0 atom stereocenters. The maximum absolute atomic E-state index is 7.59. The third-order valence-electron chi connectivity index (χ3n) is 1.54. The highest BCUT2D eigenvalue weighted by Crippen LogP contribution is 2.02. The summed E-state index contributed by atoms with van der Waals surface area (Å²) in [6.07, 6.45) is 0. The molecular formula is C11H14NO. The Morgan fingerprint density at radius 3 is 2.62 bits per heavy atom. The summed E-state index contributed by atoms with van der Waals surface area (Å²) in [4.78, 5) is 0. The highest BCUT2D eigenvalue weighted by Gasteiger charge is 2.02. The van der Waals surface area contributed by atoms with E-state index in [2.05, 4.69) is 19.9 Å². The second kappa shape index (κ2) is 4.65. The molecule has 2 nitrogen and oxygen atoms in total. The molecule has 1 aromatic rings. The lowest BCUT2D eigenvalue weighted by Crippen LogP contribution is -2.09. The van der Waals surface area contributed by atoms with Crippen molar-refractivity contribution < 1.29 is 4.74 Å². The van der Waals surface area contributed by atoms with Gasteiger partial charge in [-0.2, -0.15) is 0 Å². The molecule has 0 amide bonds. The summed E-state index contributed by atoms with van der Waals surface area (Å²) in [5.41, 5.74) is 0.805. The standard InChI is InChI=1S/C11H14NO/c1-9(2)8-13-11(12)10-6-4-3-5-7-10/h4-7,9,12H,8H2,1-2H3. The van der Waals surface area contributed by atoms with Gasteiger partial charge < -0.3 is 4.74 Å². The first kappa shape index (κ1) is 9.78. The molecule has 0 saturated carbocycles. The second-order valence-electron chi connectivity index (χ2n) is 3.32. The quantitative estimate of drug-likeness (QED) is 0.557. The van der Waals surface area contributed by atoms with E-state index in [0.717, 1.165) is 5.56 Å².